The van der Waals surface area contributed by atoms with Crippen LogP contribution in [0.1, 0.15) is 35.4 Å². The Bertz CT molecular complexity index is 2210. The lowest BCUT2D eigenvalue weighted by atomic mass is 9.49. The van der Waals surface area contributed by atoms with E-state index in [-0.39, 0.29) is 35.4 Å². The first-order valence-electron chi connectivity index (χ1n) is 16.8. The Morgan fingerprint density at radius 3 is 2.33 bits per heavy atom. The number of benzene rings is 4. The highest BCUT2D eigenvalue weighted by atomic mass is 127. The monoisotopic (exact) mass is 847 g/mol. The number of carbonyl (C=O) groups is 4. The molecule has 52 heavy (non-hydrogen) atoms. The number of anilines is 2. The molecule has 2 N–H and O–H groups in total. The van der Waals surface area contributed by atoms with Gasteiger partial charge in [0.1, 0.15) is 11.5 Å². The molecule has 0 radical (unpaired) electrons. The molecule has 2 aliphatic carbocycles. The summed E-state index contributed by atoms with van der Waals surface area (Å²) >= 11 is 14.9. The number of nitrogens with one attached hydrogen (secondary N) is 1. The molecule has 4 aromatic carbocycles. The van der Waals surface area contributed by atoms with Gasteiger partial charge in [0.15, 0.2) is 0 Å². The van der Waals surface area contributed by atoms with Crippen LogP contribution in [0.4, 0.5) is 11.4 Å². The minimum Gasteiger partial charge on any atom is -0.507 e. The lowest BCUT2D eigenvalue weighted by Crippen LogP contribution is -2.53. The predicted molar refractivity (Wildman–Crippen MR) is 205 cm³/mol. The van der Waals surface area contributed by atoms with Gasteiger partial charge in [-0.25, -0.2) is 0 Å². The average molecular weight is 849 g/mol. The summed E-state index contributed by atoms with van der Waals surface area (Å²) in [5.41, 5.74) is 4.54. The molecule has 4 amide bonds. The van der Waals surface area contributed by atoms with Crippen LogP contribution >= 0.6 is 45.8 Å². The Morgan fingerprint density at radius 1 is 0.904 bits per heavy atom. The topological polar surface area (TPSA) is 116 Å². The second kappa shape index (κ2) is 12.9. The van der Waals surface area contributed by atoms with E-state index in [1.807, 2.05) is 24.3 Å². The number of aryl methyl sites for hydroxylation is 1. The minimum atomic E-state index is -1.57. The summed E-state index contributed by atoms with van der Waals surface area (Å²) in [6.07, 6.45) is 2.34. The largest absolute Gasteiger partial charge is 0.507 e. The van der Waals surface area contributed by atoms with E-state index in [4.69, 9.17) is 27.9 Å². The third kappa shape index (κ3) is 5.08. The molecular formula is C40H32Cl2IN3O6. The molecule has 0 spiro atoms. The molecule has 12 heteroatoms. The second-order valence-electron chi connectivity index (χ2n) is 13.7. The Labute approximate surface area is 323 Å². The van der Waals surface area contributed by atoms with Gasteiger partial charge in [-0.3, -0.25) is 29.5 Å². The number of methoxy groups -OCH3 is 1. The Hall–Kier alpha value is -4.39. The Morgan fingerprint density at radius 2 is 1.63 bits per heavy atom. The molecule has 3 fully saturated rings. The number of nitrogens with zero attached hydrogens (tertiary/aromatic N) is 2. The van der Waals surface area contributed by atoms with E-state index >= 15 is 4.79 Å². The smallest absolute Gasteiger partial charge is 0.260 e. The number of phenolic OH excluding ortho intramolecular Hbond substituents is 1. The highest BCUT2D eigenvalue weighted by Gasteiger charge is 2.70. The van der Waals surface area contributed by atoms with Crippen LogP contribution in [0.5, 0.6) is 11.5 Å². The minimum absolute atomic E-state index is 0.00967. The fourth-order valence-corrected chi connectivity index (χ4v) is 9.76. The van der Waals surface area contributed by atoms with E-state index in [9.17, 15) is 19.5 Å². The zero-order valence-corrected chi connectivity index (χ0v) is 31.6. The standard InChI is InChI=1S/C40H32Cl2IN3O6/c1-20-4-3-5-28(35(20)47)34-26-15-16-27-33(38(50)45(36(27)48)24-11-9-23(43)10-12-24)29(26)19-30-37(49)46(44-32-17-8-22(41)18-31(32)42)39(51)40(30,34)21-6-13-25(52-2)14-7-21/h3-15,17-18,27,29-30,33-34,44,47H,16,19H2,1-2H3/t27-,29+,30-,33-,34+,40+/m0/s1. The Balaban J connectivity index is 1.34. The maximum absolute atomic E-state index is 15.4. The van der Waals surface area contributed by atoms with Crippen LogP contribution in [-0.2, 0) is 24.6 Å². The summed E-state index contributed by atoms with van der Waals surface area (Å²) in [7, 11) is 1.54. The molecule has 2 aliphatic heterocycles. The first-order valence-corrected chi connectivity index (χ1v) is 18.7. The van der Waals surface area contributed by atoms with Crippen molar-refractivity contribution >= 4 is 80.8 Å². The van der Waals surface area contributed by atoms with Crippen LogP contribution in [0.3, 0.4) is 0 Å². The van der Waals surface area contributed by atoms with Crippen molar-refractivity contribution in [3.05, 3.63) is 127 Å². The number of aromatic hydroxyl groups is 1. The molecule has 4 aromatic rings. The summed E-state index contributed by atoms with van der Waals surface area (Å²) in [5.74, 6) is -5.02. The summed E-state index contributed by atoms with van der Waals surface area (Å²) in [4.78, 5) is 60.1. The van der Waals surface area contributed by atoms with Gasteiger partial charge in [0.05, 0.1) is 46.7 Å². The third-order valence-corrected chi connectivity index (χ3v) is 12.5. The summed E-state index contributed by atoms with van der Waals surface area (Å²) in [6, 6.07) is 24.3. The lowest BCUT2D eigenvalue weighted by molar-refractivity contribution is -0.138. The van der Waals surface area contributed by atoms with Gasteiger partial charge >= 0.3 is 0 Å². The van der Waals surface area contributed by atoms with Crippen molar-refractivity contribution < 1.29 is 29.0 Å². The van der Waals surface area contributed by atoms with Crippen molar-refractivity contribution in [3.8, 4) is 11.5 Å². The number of fused-ring (bicyclic) bond motifs is 4. The van der Waals surface area contributed by atoms with Gasteiger partial charge in [-0.2, -0.15) is 5.01 Å². The first kappa shape index (κ1) is 34.7. The van der Waals surface area contributed by atoms with Gasteiger partial charge in [0, 0.05) is 20.1 Å². The van der Waals surface area contributed by atoms with E-state index in [0.29, 0.717) is 38.8 Å². The number of imide groups is 2. The summed E-state index contributed by atoms with van der Waals surface area (Å²) < 4.78 is 6.43. The van der Waals surface area contributed by atoms with Gasteiger partial charge in [-0.1, -0.05) is 65.2 Å². The normalized spacial score (nSPS) is 26.6. The number of carbonyl (C=O) groups excluding carboxylic acids is 4. The molecule has 4 aliphatic rings. The molecule has 264 valence electrons. The molecule has 9 nitrogen and oxygen atoms in total. The van der Waals surface area contributed by atoms with E-state index < -0.39 is 46.8 Å². The van der Waals surface area contributed by atoms with Gasteiger partial charge in [0.2, 0.25) is 11.8 Å². The number of ether oxygens (including phenoxy) is 1. The van der Waals surface area contributed by atoms with Crippen molar-refractivity contribution in [3.63, 3.8) is 0 Å². The fraction of sp³-hybridized carbons (Fsp3) is 0.250. The maximum Gasteiger partial charge on any atom is 0.260 e. The van der Waals surface area contributed by atoms with Crippen LogP contribution in [0.15, 0.2) is 96.6 Å². The van der Waals surface area contributed by atoms with E-state index in [0.717, 1.165) is 14.2 Å². The fourth-order valence-electron chi connectivity index (χ4n) is 8.95. The van der Waals surface area contributed by atoms with Crippen LogP contribution in [0, 0.1) is 34.2 Å². The van der Waals surface area contributed by atoms with Crippen molar-refractivity contribution in [1.82, 2.24) is 5.01 Å². The quantitative estimate of drug-likeness (QED) is 0.116. The van der Waals surface area contributed by atoms with Gasteiger partial charge in [-0.05, 0) is 114 Å². The van der Waals surface area contributed by atoms with Crippen LogP contribution in [-0.4, -0.2) is 40.9 Å². The molecule has 0 bridgehead atoms. The predicted octanol–water partition coefficient (Wildman–Crippen LogP) is 7.81. The maximum atomic E-state index is 15.4. The molecule has 0 aromatic heterocycles. The third-order valence-electron chi connectivity index (χ3n) is 11.2. The molecule has 6 atom stereocenters. The zero-order valence-electron chi connectivity index (χ0n) is 28.0. The SMILES string of the molecule is COc1ccc([C@@]23C(=O)N(Nc4ccc(Cl)cc4Cl)C(=O)[C@@H]2C[C@@H]2C(=CC[C@@H]4C(=O)N(c5ccc(I)cc5)C(=O)[C@@H]42)[C@@H]3c2cccc(C)c2O)cc1. The van der Waals surface area contributed by atoms with E-state index in [2.05, 4.69) is 28.0 Å². The molecule has 0 unspecified atom stereocenters. The molecule has 2 heterocycles. The summed E-state index contributed by atoms with van der Waals surface area (Å²) in [6.45, 7) is 1.78. The van der Waals surface area contributed by atoms with Crippen molar-refractivity contribution in [2.75, 3.05) is 17.4 Å². The van der Waals surface area contributed by atoms with Crippen LogP contribution in [0.25, 0.3) is 0 Å². The zero-order chi connectivity index (χ0) is 36.6. The van der Waals surface area contributed by atoms with Gasteiger partial charge in [-0.15, -0.1) is 0 Å². The average Bonchev–Trinajstić information content (AvgIpc) is 3.52. The molecule has 1 saturated carbocycles. The molecule has 8 rings (SSSR count). The van der Waals surface area contributed by atoms with Crippen LogP contribution < -0.4 is 15.1 Å². The number of hydrogen-bond acceptors (Lipinski definition) is 7. The van der Waals surface area contributed by atoms with Gasteiger partial charge in [0.25, 0.3) is 11.8 Å². The number of phenols is 1. The van der Waals surface area contributed by atoms with Crippen LogP contribution in [0.2, 0.25) is 10.0 Å². The van der Waals surface area contributed by atoms with E-state index in [1.165, 1.54) is 11.0 Å². The van der Waals surface area contributed by atoms with Crippen molar-refractivity contribution in [2.24, 2.45) is 23.7 Å². The van der Waals surface area contributed by atoms with Gasteiger partial charge < -0.3 is 9.84 Å². The number of para-hydroxylation sites is 1. The Kier molecular flexibility index (Phi) is 8.62. The molecular weight excluding hydrogens is 816 g/mol. The highest BCUT2D eigenvalue weighted by Crippen LogP contribution is 2.65. The van der Waals surface area contributed by atoms with E-state index in [1.54, 1.807) is 74.7 Å². The number of hydrazine groups is 1. The van der Waals surface area contributed by atoms with Crippen molar-refractivity contribution in [1.29, 1.82) is 0 Å². The highest BCUT2D eigenvalue weighted by molar-refractivity contribution is 14.1. The number of halogens is 3. The first-order chi connectivity index (χ1) is 25.0. The number of allylic oxidation sites excluding steroid dienone is 2. The molecule has 2 saturated heterocycles. The number of hydrogen-bond donors (Lipinski definition) is 2. The lowest BCUT2D eigenvalue weighted by Gasteiger charge is -2.50. The number of rotatable bonds is 6. The summed E-state index contributed by atoms with van der Waals surface area (Å²) in [5, 5.41) is 13.4. The number of amides is 4. The second-order valence-corrected chi connectivity index (χ2v) is 15.8. The van der Waals surface area contributed by atoms with Crippen molar-refractivity contribution in [2.45, 2.75) is 31.1 Å².